The Kier molecular flexibility index (Phi) is 7.16. The van der Waals surface area contributed by atoms with Gasteiger partial charge in [0, 0.05) is 33.8 Å². The summed E-state index contributed by atoms with van der Waals surface area (Å²) < 4.78 is 0.557. The third kappa shape index (κ3) is 5.05. The first-order valence-electron chi connectivity index (χ1n) is 10.7. The van der Waals surface area contributed by atoms with Crippen LogP contribution in [0.5, 0.6) is 5.75 Å². The lowest BCUT2D eigenvalue weighted by atomic mass is 9.95. The third-order valence-corrected chi connectivity index (χ3v) is 8.27. The van der Waals surface area contributed by atoms with Gasteiger partial charge in [-0.25, -0.2) is 0 Å². The molecule has 3 heterocycles. The summed E-state index contributed by atoms with van der Waals surface area (Å²) in [6, 6.07) is 13.4. The normalized spacial score (nSPS) is 16.9. The number of carbonyl (C=O) groups excluding carboxylic acids is 2. The van der Waals surface area contributed by atoms with E-state index in [0.29, 0.717) is 31.3 Å². The molecule has 1 unspecified atom stereocenters. The standard InChI is InChI=1S/C25H16Cl2N4O4S2/c26-16-4-1-15(18(27)11-16)12-36-25-30-29-24(37-25)31-20(13-2-5-17(32)6-3-13)19(22(34)23(31)35)21(33)14-7-9-28-10-8-14/h1-11,20,32-33H,12H2. The van der Waals surface area contributed by atoms with Gasteiger partial charge in [0.25, 0.3) is 5.78 Å². The molecule has 2 aromatic heterocycles. The highest BCUT2D eigenvalue weighted by Crippen LogP contribution is 2.44. The molecular formula is C25H16Cl2N4O4S2. The number of amides is 1. The molecule has 0 saturated carbocycles. The van der Waals surface area contributed by atoms with Gasteiger partial charge in [-0.05, 0) is 47.5 Å². The number of anilines is 1. The highest BCUT2D eigenvalue weighted by Gasteiger charge is 2.48. The van der Waals surface area contributed by atoms with E-state index in [1.807, 2.05) is 6.07 Å². The summed E-state index contributed by atoms with van der Waals surface area (Å²) >= 11 is 14.7. The molecular weight excluding hydrogens is 555 g/mol. The van der Waals surface area contributed by atoms with Crippen molar-refractivity contribution >= 4 is 68.9 Å². The number of aromatic nitrogens is 3. The van der Waals surface area contributed by atoms with E-state index in [1.54, 1.807) is 24.3 Å². The van der Waals surface area contributed by atoms with Gasteiger partial charge >= 0.3 is 5.91 Å². The number of Topliss-reactive ketones (excluding diaryl/α,β-unsaturated/α-hetero) is 1. The number of rotatable bonds is 6. The summed E-state index contributed by atoms with van der Waals surface area (Å²) in [5.41, 5.74) is 1.60. The van der Waals surface area contributed by atoms with Crippen LogP contribution in [0.1, 0.15) is 22.7 Å². The van der Waals surface area contributed by atoms with Gasteiger partial charge in [-0.3, -0.25) is 19.5 Å². The molecule has 0 bridgehead atoms. The third-order valence-electron chi connectivity index (χ3n) is 5.58. The van der Waals surface area contributed by atoms with Crippen molar-refractivity contribution < 1.29 is 19.8 Å². The Bertz CT molecular complexity index is 1530. The van der Waals surface area contributed by atoms with Gasteiger partial charge in [-0.1, -0.05) is 64.5 Å². The van der Waals surface area contributed by atoms with Crippen LogP contribution in [-0.4, -0.2) is 37.1 Å². The molecule has 2 aromatic carbocycles. The Hall–Kier alpha value is -3.44. The molecule has 2 N–H and O–H groups in total. The first-order chi connectivity index (χ1) is 17.8. The van der Waals surface area contributed by atoms with E-state index < -0.39 is 17.7 Å². The van der Waals surface area contributed by atoms with Crippen molar-refractivity contribution in [3.63, 3.8) is 0 Å². The van der Waals surface area contributed by atoms with Crippen LogP contribution in [0, 0.1) is 0 Å². The van der Waals surface area contributed by atoms with E-state index in [-0.39, 0.29) is 22.2 Å². The first-order valence-corrected chi connectivity index (χ1v) is 13.3. The maximum atomic E-state index is 13.2. The number of hydrogen-bond acceptors (Lipinski definition) is 9. The van der Waals surface area contributed by atoms with Gasteiger partial charge in [-0.2, -0.15) is 0 Å². The second-order valence-electron chi connectivity index (χ2n) is 7.87. The number of benzene rings is 2. The topological polar surface area (TPSA) is 117 Å². The molecule has 0 aliphatic carbocycles. The maximum absolute atomic E-state index is 13.2. The Morgan fingerprint density at radius 2 is 1.76 bits per heavy atom. The minimum Gasteiger partial charge on any atom is -0.508 e. The van der Waals surface area contributed by atoms with Crippen molar-refractivity contribution in [2.75, 3.05) is 4.90 Å². The monoisotopic (exact) mass is 570 g/mol. The number of hydrogen-bond donors (Lipinski definition) is 2. The van der Waals surface area contributed by atoms with Crippen LogP contribution >= 0.6 is 46.3 Å². The Morgan fingerprint density at radius 3 is 2.46 bits per heavy atom. The quantitative estimate of drug-likeness (QED) is 0.0972. The van der Waals surface area contributed by atoms with E-state index in [1.165, 1.54) is 53.3 Å². The van der Waals surface area contributed by atoms with Crippen LogP contribution in [0.15, 0.2) is 76.9 Å². The Morgan fingerprint density at radius 1 is 1.03 bits per heavy atom. The molecule has 1 aliphatic rings. The van der Waals surface area contributed by atoms with Crippen molar-refractivity contribution in [3.05, 3.63) is 99.3 Å². The average molecular weight is 571 g/mol. The van der Waals surface area contributed by atoms with Gasteiger partial charge in [0.05, 0.1) is 11.6 Å². The summed E-state index contributed by atoms with van der Waals surface area (Å²) in [5, 5.41) is 30.5. The summed E-state index contributed by atoms with van der Waals surface area (Å²) in [5.74, 6) is -1.53. The van der Waals surface area contributed by atoms with Gasteiger partial charge in [0.15, 0.2) is 4.34 Å². The fourth-order valence-electron chi connectivity index (χ4n) is 3.80. The second-order valence-corrected chi connectivity index (χ2v) is 10.9. The lowest BCUT2D eigenvalue weighted by molar-refractivity contribution is -0.132. The van der Waals surface area contributed by atoms with Gasteiger partial charge in [-0.15, -0.1) is 10.2 Å². The second kappa shape index (κ2) is 10.5. The van der Waals surface area contributed by atoms with Crippen molar-refractivity contribution in [3.8, 4) is 5.75 Å². The van der Waals surface area contributed by atoms with Gasteiger partial charge < -0.3 is 10.2 Å². The number of phenolic OH excluding ortho intramolecular Hbond substituents is 1. The first kappa shape index (κ1) is 25.2. The average Bonchev–Trinajstić information content (AvgIpc) is 3.46. The zero-order valence-electron chi connectivity index (χ0n) is 18.7. The zero-order chi connectivity index (χ0) is 26.1. The predicted octanol–water partition coefficient (Wildman–Crippen LogP) is 5.86. The lowest BCUT2D eigenvalue weighted by Gasteiger charge is -2.22. The molecule has 186 valence electrons. The number of nitrogens with zero attached hydrogens (tertiary/aromatic N) is 4. The molecule has 1 atom stereocenters. The van der Waals surface area contributed by atoms with Crippen LogP contribution in [0.25, 0.3) is 5.76 Å². The summed E-state index contributed by atoms with van der Waals surface area (Å²) in [6.07, 6.45) is 2.95. The Labute approximate surface area is 229 Å². The molecule has 5 rings (SSSR count). The number of aromatic hydroxyl groups is 1. The van der Waals surface area contributed by atoms with Crippen LogP contribution in [0.4, 0.5) is 5.13 Å². The number of carbonyl (C=O) groups is 2. The predicted molar refractivity (Wildman–Crippen MR) is 143 cm³/mol. The van der Waals surface area contributed by atoms with E-state index in [2.05, 4.69) is 15.2 Å². The molecule has 1 saturated heterocycles. The minimum atomic E-state index is -0.981. The highest BCUT2D eigenvalue weighted by molar-refractivity contribution is 8.00. The van der Waals surface area contributed by atoms with E-state index >= 15 is 0 Å². The number of ketones is 1. The molecule has 1 fully saturated rings. The largest absolute Gasteiger partial charge is 0.508 e. The fourth-order valence-corrected chi connectivity index (χ4v) is 6.23. The van der Waals surface area contributed by atoms with Crippen LogP contribution in [0.3, 0.4) is 0 Å². The van der Waals surface area contributed by atoms with E-state index in [4.69, 9.17) is 23.2 Å². The number of phenols is 1. The molecule has 4 aromatic rings. The van der Waals surface area contributed by atoms with Crippen molar-refractivity contribution in [1.82, 2.24) is 15.2 Å². The van der Waals surface area contributed by atoms with Crippen LogP contribution < -0.4 is 4.90 Å². The van der Waals surface area contributed by atoms with Crippen molar-refractivity contribution in [2.45, 2.75) is 16.1 Å². The highest BCUT2D eigenvalue weighted by atomic mass is 35.5. The number of aliphatic hydroxyl groups excluding tert-OH is 1. The van der Waals surface area contributed by atoms with Crippen molar-refractivity contribution in [1.29, 1.82) is 0 Å². The fraction of sp³-hybridized carbons (Fsp3) is 0.0800. The molecule has 1 aliphatic heterocycles. The molecule has 37 heavy (non-hydrogen) atoms. The van der Waals surface area contributed by atoms with Gasteiger partial charge in [0.2, 0.25) is 5.13 Å². The smallest absolute Gasteiger partial charge is 0.301 e. The van der Waals surface area contributed by atoms with Crippen LogP contribution in [-0.2, 0) is 15.3 Å². The number of halogens is 2. The van der Waals surface area contributed by atoms with Crippen molar-refractivity contribution in [2.24, 2.45) is 0 Å². The maximum Gasteiger partial charge on any atom is 0.301 e. The molecule has 12 heteroatoms. The zero-order valence-corrected chi connectivity index (χ0v) is 21.9. The summed E-state index contributed by atoms with van der Waals surface area (Å²) in [7, 11) is 0. The minimum absolute atomic E-state index is 0.0188. The number of pyridine rings is 1. The van der Waals surface area contributed by atoms with Gasteiger partial charge in [0.1, 0.15) is 11.5 Å². The van der Waals surface area contributed by atoms with E-state index in [0.717, 1.165) is 16.9 Å². The summed E-state index contributed by atoms with van der Waals surface area (Å²) in [4.78, 5) is 31.6. The number of aliphatic hydroxyl groups is 1. The van der Waals surface area contributed by atoms with Crippen LogP contribution in [0.2, 0.25) is 10.0 Å². The molecule has 1 amide bonds. The SMILES string of the molecule is O=C1C(=O)N(c2nnc(SCc3ccc(Cl)cc3Cl)s2)C(c2ccc(O)cc2)C1=C(O)c1ccncc1. The molecule has 0 radical (unpaired) electrons. The van der Waals surface area contributed by atoms with E-state index in [9.17, 15) is 19.8 Å². The number of thioether (sulfide) groups is 1. The molecule has 8 nitrogen and oxygen atoms in total. The lowest BCUT2D eigenvalue weighted by Crippen LogP contribution is -2.29. The Balaban J connectivity index is 1.52. The molecule has 0 spiro atoms. The summed E-state index contributed by atoms with van der Waals surface area (Å²) in [6.45, 7) is 0.